The summed E-state index contributed by atoms with van der Waals surface area (Å²) < 4.78 is 74.2. The first kappa shape index (κ1) is 71.0. The highest BCUT2D eigenvalue weighted by Gasteiger charge is 2.33. The van der Waals surface area contributed by atoms with Gasteiger partial charge in [0.2, 0.25) is 0 Å². The van der Waals surface area contributed by atoms with Crippen molar-refractivity contribution in [3.63, 3.8) is 0 Å². The van der Waals surface area contributed by atoms with E-state index in [0.29, 0.717) is 103 Å². The van der Waals surface area contributed by atoms with Gasteiger partial charge in [-0.1, -0.05) is 96.5 Å². The maximum absolute atomic E-state index is 13.1. The molecule has 520 valence electrons. The van der Waals surface area contributed by atoms with Crippen LogP contribution in [0.15, 0.2) is 185 Å². The van der Waals surface area contributed by atoms with Crippen molar-refractivity contribution in [1.29, 1.82) is 0 Å². The summed E-state index contributed by atoms with van der Waals surface area (Å²) in [6.07, 6.45) is 9.27. The molecule has 13 rings (SSSR count). The van der Waals surface area contributed by atoms with Crippen molar-refractivity contribution in [2.45, 2.75) is 124 Å². The molecule has 3 amide bonds. The van der Waals surface area contributed by atoms with E-state index in [0.717, 1.165) is 38.9 Å². The zero-order chi connectivity index (χ0) is 71.5. The minimum atomic E-state index is -3.37. The van der Waals surface area contributed by atoms with Gasteiger partial charge in [-0.3, -0.25) is 14.4 Å². The molecular formula is C74H79ClN12O10S3. The third-order valence-electron chi connectivity index (χ3n) is 17.6. The van der Waals surface area contributed by atoms with E-state index >= 15 is 0 Å². The van der Waals surface area contributed by atoms with Crippen molar-refractivity contribution in [1.82, 2.24) is 60.8 Å². The lowest BCUT2D eigenvalue weighted by molar-refractivity contribution is 0.0859. The molecular weight excluding hydrogens is 1350 g/mol. The summed E-state index contributed by atoms with van der Waals surface area (Å²) in [7, 11) is -10.1. The molecule has 0 spiro atoms. The number of sulfone groups is 3. The predicted molar refractivity (Wildman–Crippen MR) is 392 cm³/mol. The lowest BCUT2D eigenvalue weighted by Crippen LogP contribution is -2.33. The Balaban J connectivity index is 0.000000193. The zero-order valence-corrected chi connectivity index (χ0v) is 59.3. The van der Waals surface area contributed by atoms with Crippen molar-refractivity contribution in [3.8, 4) is 33.8 Å². The number of aliphatic hydroxyl groups is 1. The van der Waals surface area contributed by atoms with Crippen LogP contribution >= 0.6 is 11.6 Å². The molecule has 7 N–H and O–H groups in total. The number of hydrogen-bond acceptors (Lipinski definition) is 16. The van der Waals surface area contributed by atoms with Gasteiger partial charge < -0.3 is 36.0 Å². The Labute approximate surface area is 588 Å². The van der Waals surface area contributed by atoms with E-state index in [1.807, 2.05) is 81.4 Å². The number of carbonyl (C=O) groups excluding carboxylic acids is 3. The zero-order valence-electron chi connectivity index (χ0n) is 56.1. The van der Waals surface area contributed by atoms with E-state index in [4.69, 9.17) is 11.6 Å². The summed E-state index contributed by atoms with van der Waals surface area (Å²) in [6.45, 7) is 16.7. The number of amides is 3. The summed E-state index contributed by atoms with van der Waals surface area (Å²) in [6, 6.07) is 38.3. The predicted octanol–water partition coefficient (Wildman–Crippen LogP) is 13.0. The lowest BCUT2D eigenvalue weighted by Gasteiger charge is -2.17. The number of hydrogen-bond donors (Lipinski definition) is 7. The molecule has 1 aliphatic rings. The number of aliphatic hydroxyl groups excluding tert-OH is 1. The minimum absolute atomic E-state index is 0. The fourth-order valence-corrected chi connectivity index (χ4v) is 14.6. The Hall–Kier alpha value is -10.3. The van der Waals surface area contributed by atoms with Crippen molar-refractivity contribution in [2.24, 2.45) is 0 Å². The van der Waals surface area contributed by atoms with Crippen LogP contribution < -0.4 is 16.0 Å². The van der Waals surface area contributed by atoms with E-state index in [2.05, 4.69) is 60.8 Å². The van der Waals surface area contributed by atoms with E-state index in [1.165, 1.54) is 5.56 Å². The molecule has 0 unspecified atom stereocenters. The Morgan fingerprint density at radius 2 is 0.910 bits per heavy atom. The van der Waals surface area contributed by atoms with Crippen LogP contribution in [0, 0.1) is 20.8 Å². The van der Waals surface area contributed by atoms with Gasteiger partial charge in [-0.25, -0.2) is 55.2 Å². The SMILES string of the molecule is CC(C)S(=O)(=O)c1ccc(-c2cnc3[nH]cc(C(=O)N[C@@H]4c5ccccc5C[C@H]4O)c3n2)cc1.Cc1ccc(Cl)cc1CNC(=O)c1c[nH]c2ncc(-c3ccc(S(=O)(=O)C(C)C)cc3)nc12.Cc1cccc(CNC(=O)c2c[nH]c3ncc(-c4ccc(S(=O)(=O)C(C)C)cc4)nc23)c1C.[HH].[HH].[HH]. The Kier molecular flexibility index (Phi) is 20.8. The molecule has 1 aliphatic carbocycles. The Bertz CT molecular complexity index is 5290. The van der Waals surface area contributed by atoms with E-state index in [1.54, 1.807) is 152 Å². The van der Waals surface area contributed by atoms with Crippen LogP contribution in [-0.2, 0) is 49.0 Å². The summed E-state index contributed by atoms with van der Waals surface area (Å²) in [5.74, 6) is -0.894. The Morgan fingerprint density at radius 1 is 0.510 bits per heavy atom. The molecule has 0 saturated carbocycles. The summed E-state index contributed by atoms with van der Waals surface area (Å²) >= 11 is 6.07. The molecule has 6 aromatic carbocycles. The minimum Gasteiger partial charge on any atom is -0.390 e. The number of H-pyrrole nitrogens is 3. The van der Waals surface area contributed by atoms with Crippen molar-refractivity contribution >= 4 is 92.3 Å². The topological polar surface area (TPSA) is 335 Å². The van der Waals surface area contributed by atoms with E-state index in [9.17, 15) is 44.7 Å². The highest BCUT2D eigenvalue weighted by Crippen LogP contribution is 2.33. The van der Waals surface area contributed by atoms with Gasteiger partial charge in [0, 0.05) is 64.1 Å². The van der Waals surface area contributed by atoms with Crippen molar-refractivity contribution in [2.75, 3.05) is 0 Å². The van der Waals surface area contributed by atoms with Gasteiger partial charge in [-0.15, -0.1) is 0 Å². The molecule has 0 bridgehead atoms. The number of halogens is 1. The fourth-order valence-electron chi connectivity index (χ4n) is 11.2. The number of carbonyl (C=O) groups is 3. The first-order chi connectivity index (χ1) is 47.6. The second kappa shape index (κ2) is 29.3. The number of nitrogens with one attached hydrogen (secondary N) is 6. The molecule has 26 heteroatoms. The normalized spacial score (nSPS) is 13.8. The van der Waals surface area contributed by atoms with Gasteiger partial charge in [0.05, 0.1) is 94.9 Å². The number of aromatic amines is 3. The van der Waals surface area contributed by atoms with Crippen LogP contribution in [0.25, 0.3) is 67.3 Å². The Morgan fingerprint density at radius 3 is 1.33 bits per heavy atom. The van der Waals surface area contributed by atoms with Crippen LogP contribution in [0.2, 0.25) is 5.02 Å². The third-order valence-corrected chi connectivity index (χ3v) is 24.3. The van der Waals surface area contributed by atoms with Crippen molar-refractivity contribution < 1.29 is 49.0 Å². The fraction of sp³-hybridized carbons (Fsp3) is 0.230. The number of aryl methyl sites for hydroxylation is 2. The largest absolute Gasteiger partial charge is 0.390 e. The third kappa shape index (κ3) is 15.0. The number of fused-ring (bicyclic) bond motifs is 4. The molecule has 6 heterocycles. The molecule has 0 aliphatic heterocycles. The average Bonchev–Trinajstić information content (AvgIpc) is 1.67. The van der Waals surface area contributed by atoms with Crippen LogP contribution in [0.4, 0.5) is 0 Å². The first-order valence-corrected chi connectivity index (χ1v) is 37.1. The van der Waals surface area contributed by atoms with E-state index < -0.39 is 57.4 Å². The summed E-state index contributed by atoms with van der Waals surface area (Å²) in [5.41, 5.74) is 14.8. The van der Waals surface area contributed by atoms with Crippen molar-refractivity contribution in [3.05, 3.63) is 231 Å². The lowest BCUT2D eigenvalue weighted by atomic mass is 10.0. The van der Waals surface area contributed by atoms with Crippen LogP contribution in [0.3, 0.4) is 0 Å². The van der Waals surface area contributed by atoms with Gasteiger partial charge in [0.1, 0.15) is 16.6 Å². The van der Waals surface area contributed by atoms with Gasteiger partial charge in [-0.2, -0.15) is 0 Å². The smallest absolute Gasteiger partial charge is 0.255 e. The summed E-state index contributed by atoms with van der Waals surface area (Å²) in [4.78, 5) is 75.6. The molecule has 0 saturated heterocycles. The number of nitrogens with zero attached hydrogens (tertiary/aromatic N) is 6. The first-order valence-electron chi connectivity index (χ1n) is 32.1. The molecule has 0 radical (unpaired) electrons. The van der Waals surface area contributed by atoms with Crippen LogP contribution in [0.1, 0.15) is 122 Å². The average molecular weight is 1430 g/mol. The number of benzene rings is 6. The molecule has 6 aromatic heterocycles. The highest BCUT2D eigenvalue weighted by atomic mass is 35.5. The second-order valence-corrected chi connectivity index (χ2v) is 33.0. The monoisotopic (exact) mass is 1430 g/mol. The van der Waals surface area contributed by atoms with Crippen LogP contribution in [0.5, 0.6) is 0 Å². The van der Waals surface area contributed by atoms with Crippen LogP contribution in [-0.4, -0.2) is 115 Å². The number of aromatic nitrogens is 9. The highest BCUT2D eigenvalue weighted by molar-refractivity contribution is 7.92. The maximum atomic E-state index is 13.1. The molecule has 0 fully saturated rings. The molecule has 12 aromatic rings. The van der Waals surface area contributed by atoms with Gasteiger partial charge in [-0.05, 0) is 150 Å². The molecule has 22 nitrogen and oxygen atoms in total. The maximum Gasteiger partial charge on any atom is 0.255 e. The molecule has 2 atom stereocenters. The quantitative estimate of drug-likeness (QED) is 0.0445. The van der Waals surface area contributed by atoms with Gasteiger partial charge in [0.15, 0.2) is 46.5 Å². The summed E-state index contributed by atoms with van der Waals surface area (Å²) in [5, 5.41) is 18.4. The molecule has 100 heavy (non-hydrogen) atoms. The van der Waals surface area contributed by atoms with E-state index in [-0.39, 0.29) is 36.7 Å². The van der Waals surface area contributed by atoms with Gasteiger partial charge in [0.25, 0.3) is 17.7 Å². The number of rotatable bonds is 17. The standard InChI is InChI=1S/C25H24N4O4S.C25H26N4O3S.C24H23ClN4O3S.3H2/c1-14(2)34(32,33)17-9-7-15(8-10-17)20-13-27-24-23(28-20)19(12-26-24)25(31)29-22-18-6-4-3-5-16(18)11-21(22)30;1-15(2)33(31,32)20-10-8-18(9-11-20)22-14-27-24-23(29-22)21(13-26-24)25(30)28-12-19-7-5-6-16(3)17(19)4;1-14(2)33(31,32)19-8-5-16(6-9-19)21-13-27-23-22(29-21)20(12-26-23)24(30)28-11-17-10-18(25)7-4-15(17)3;;;/h3-10,12-14,21-22,30H,11H2,1-2H3,(H,26,27)(H,29,31);5-11,13-15H,12H2,1-4H3,(H,26,27)(H,28,30);4-10,12-14H,11H2,1-3H3,(H,26,27)(H,28,30);3*1H/t21-,22-;;;;;/m1...../s1. The van der Waals surface area contributed by atoms with Gasteiger partial charge >= 0.3 is 0 Å². The second-order valence-electron chi connectivity index (χ2n) is 25.0.